The first kappa shape index (κ1) is 17.1. The van der Waals surface area contributed by atoms with E-state index >= 15 is 0 Å². The number of nitro groups is 1. The summed E-state index contributed by atoms with van der Waals surface area (Å²) in [6.45, 7) is 1.70. The van der Waals surface area contributed by atoms with Gasteiger partial charge in [0.1, 0.15) is 5.75 Å². The maximum absolute atomic E-state index is 11.6. The summed E-state index contributed by atoms with van der Waals surface area (Å²) in [5.41, 5.74) is 3.21. The zero-order chi connectivity index (χ0) is 16.8. The molecule has 2 aromatic rings. The van der Waals surface area contributed by atoms with E-state index in [0.717, 1.165) is 21.4 Å². The lowest BCUT2D eigenvalue weighted by Crippen LogP contribution is -2.24. The molecule has 1 aromatic carbocycles. The smallest absolute Gasteiger partial charge is 0.324 e. The van der Waals surface area contributed by atoms with E-state index in [1.807, 2.05) is 19.1 Å². The Morgan fingerprint density at radius 1 is 1.48 bits per heavy atom. The Labute approximate surface area is 144 Å². The van der Waals surface area contributed by atoms with Gasteiger partial charge in [-0.3, -0.25) is 14.9 Å². The lowest BCUT2D eigenvalue weighted by Gasteiger charge is -2.08. The molecule has 0 aliphatic rings. The number of benzene rings is 1. The second-order valence-corrected chi connectivity index (χ2v) is 6.43. The third kappa shape index (κ3) is 5.15. The van der Waals surface area contributed by atoms with Crippen molar-refractivity contribution < 1.29 is 14.5 Å². The van der Waals surface area contributed by atoms with Crippen molar-refractivity contribution in [1.82, 2.24) is 5.43 Å². The van der Waals surface area contributed by atoms with E-state index in [0.29, 0.717) is 10.6 Å². The maximum Gasteiger partial charge on any atom is 0.324 e. The molecular formula is C14H12BrN3O4S. The number of aryl methyl sites for hydroxylation is 1. The zero-order valence-corrected chi connectivity index (χ0v) is 14.4. The molecule has 0 radical (unpaired) electrons. The molecule has 1 N–H and O–H groups in total. The minimum Gasteiger partial charge on any atom is -0.483 e. The van der Waals surface area contributed by atoms with Crippen molar-refractivity contribution >= 4 is 44.4 Å². The summed E-state index contributed by atoms with van der Waals surface area (Å²) in [5.74, 6) is 0.191. The highest BCUT2D eigenvalue weighted by Gasteiger charge is 2.08. The minimum atomic E-state index is -0.477. The summed E-state index contributed by atoms with van der Waals surface area (Å²) in [4.78, 5) is 22.3. The van der Waals surface area contributed by atoms with Gasteiger partial charge in [-0.05, 0) is 36.8 Å². The number of hydrazone groups is 1. The van der Waals surface area contributed by atoms with Gasteiger partial charge in [0.15, 0.2) is 6.61 Å². The van der Waals surface area contributed by atoms with E-state index in [-0.39, 0.29) is 11.6 Å². The molecule has 0 atom stereocenters. The molecule has 0 saturated carbocycles. The molecule has 23 heavy (non-hydrogen) atoms. The Morgan fingerprint density at radius 3 is 2.91 bits per heavy atom. The molecule has 0 fully saturated rings. The molecule has 0 saturated heterocycles. The Kier molecular flexibility index (Phi) is 5.83. The summed E-state index contributed by atoms with van der Waals surface area (Å²) in [6, 6.07) is 8.41. The van der Waals surface area contributed by atoms with Crippen LogP contribution >= 0.6 is 27.3 Å². The number of hydrogen-bond acceptors (Lipinski definition) is 6. The van der Waals surface area contributed by atoms with Crippen LogP contribution in [0.1, 0.15) is 10.4 Å². The fraction of sp³-hybridized carbons (Fsp3) is 0.143. The van der Waals surface area contributed by atoms with Crippen LogP contribution in [-0.4, -0.2) is 23.7 Å². The molecule has 1 aromatic heterocycles. The highest BCUT2D eigenvalue weighted by atomic mass is 79.9. The van der Waals surface area contributed by atoms with Crippen molar-refractivity contribution in [2.24, 2.45) is 5.10 Å². The summed E-state index contributed by atoms with van der Waals surface area (Å²) >= 11 is 4.32. The zero-order valence-electron chi connectivity index (χ0n) is 12.0. The van der Waals surface area contributed by atoms with Gasteiger partial charge in [-0.2, -0.15) is 5.10 Å². The predicted molar refractivity (Wildman–Crippen MR) is 91.1 cm³/mol. The Bertz CT molecular complexity index is 760. The number of rotatable bonds is 6. The molecule has 2 rings (SSSR count). The molecule has 9 heteroatoms. The fourth-order valence-corrected chi connectivity index (χ4v) is 2.80. The van der Waals surface area contributed by atoms with E-state index in [4.69, 9.17) is 4.74 Å². The van der Waals surface area contributed by atoms with Crippen LogP contribution in [0, 0.1) is 17.0 Å². The number of nitrogens with zero attached hydrogens (tertiary/aromatic N) is 2. The van der Waals surface area contributed by atoms with Crippen LogP contribution in [-0.2, 0) is 4.79 Å². The van der Waals surface area contributed by atoms with Crippen molar-refractivity contribution in [3.8, 4) is 5.75 Å². The average molecular weight is 398 g/mol. The Balaban J connectivity index is 1.82. The van der Waals surface area contributed by atoms with Gasteiger partial charge in [0.05, 0.1) is 16.0 Å². The lowest BCUT2D eigenvalue weighted by atomic mass is 10.2. The third-order valence-corrected chi connectivity index (χ3v) is 4.13. The predicted octanol–water partition coefficient (Wildman–Crippen LogP) is 3.26. The molecule has 0 aliphatic heterocycles. The molecule has 1 amide bonds. The molecule has 120 valence electrons. The van der Waals surface area contributed by atoms with Crippen LogP contribution < -0.4 is 10.2 Å². The van der Waals surface area contributed by atoms with Gasteiger partial charge >= 0.3 is 5.00 Å². The van der Waals surface area contributed by atoms with E-state index in [1.165, 1.54) is 12.3 Å². The van der Waals surface area contributed by atoms with Crippen molar-refractivity contribution in [3.05, 3.63) is 55.4 Å². The first-order valence-electron chi connectivity index (χ1n) is 6.41. The molecule has 0 aliphatic carbocycles. The summed E-state index contributed by atoms with van der Waals surface area (Å²) < 4.78 is 6.33. The molecule has 0 spiro atoms. The van der Waals surface area contributed by atoms with Crippen LogP contribution in [0.2, 0.25) is 0 Å². The Morgan fingerprint density at radius 2 is 2.26 bits per heavy atom. The molecule has 0 bridgehead atoms. The average Bonchev–Trinajstić information content (AvgIpc) is 2.95. The monoisotopic (exact) mass is 397 g/mol. The maximum atomic E-state index is 11.6. The third-order valence-electron chi connectivity index (χ3n) is 2.67. The van der Waals surface area contributed by atoms with E-state index in [1.54, 1.807) is 12.1 Å². The Hall–Kier alpha value is -2.26. The fourth-order valence-electron chi connectivity index (χ4n) is 1.63. The number of nitrogens with one attached hydrogen (secondary N) is 1. The SMILES string of the molecule is Cc1cc(Br)ccc1OCC(=O)NN=Cc1ccc([N+](=O)[O-])s1. The number of carbonyl (C=O) groups is 1. The molecule has 1 heterocycles. The number of amides is 1. The quantitative estimate of drug-likeness (QED) is 0.459. The van der Waals surface area contributed by atoms with Gasteiger partial charge in [0, 0.05) is 10.5 Å². The van der Waals surface area contributed by atoms with Gasteiger partial charge in [-0.25, -0.2) is 5.43 Å². The van der Waals surface area contributed by atoms with Crippen molar-refractivity contribution in [1.29, 1.82) is 0 Å². The number of carbonyl (C=O) groups excluding carboxylic acids is 1. The number of halogens is 1. The van der Waals surface area contributed by atoms with Gasteiger partial charge in [0.25, 0.3) is 5.91 Å². The number of thiophene rings is 1. The second kappa shape index (κ2) is 7.84. The van der Waals surface area contributed by atoms with Crippen LogP contribution in [0.3, 0.4) is 0 Å². The van der Waals surface area contributed by atoms with Crippen LogP contribution in [0.4, 0.5) is 5.00 Å². The molecule has 0 unspecified atom stereocenters. The summed E-state index contributed by atoms with van der Waals surface area (Å²) in [5, 5.41) is 14.3. The normalized spacial score (nSPS) is 10.7. The summed E-state index contributed by atoms with van der Waals surface area (Å²) in [7, 11) is 0. The molecular weight excluding hydrogens is 386 g/mol. The van der Waals surface area contributed by atoms with Gasteiger partial charge in [0.2, 0.25) is 0 Å². The van der Waals surface area contributed by atoms with Crippen molar-refractivity contribution in [3.63, 3.8) is 0 Å². The summed E-state index contributed by atoms with van der Waals surface area (Å²) in [6.07, 6.45) is 1.35. The van der Waals surface area contributed by atoms with Crippen LogP contribution in [0.15, 0.2) is 39.9 Å². The second-order valence-electron chi connectivity index (χ2n) is 4.42. The van der Waals surface area contributed by atoms with Crippen LogP contribution in [0.25, 0.3) is 0 Å². The first-order valence-corrected chi connectivity index (χ1v) is 8.02. The lowest BCUT2D eigenvalue weighted by molar-refractivity contribution is -0.380. The van der Waals surface area contributed by atoms with E-state index < -0.39 is 10.8 Å². The minimum absolute atomic E-state index is 0.0202. The van der Waals surface area contributed by atoms with E-state index in [2.05, 4.69) is 26.5 Å². The first-order chi connectivity index (χ1) is 11.0. The number of hydrogen-bond donors (Lipinski definition) is 1. The van der Waals surface area contributed by atoms with Crippen molar-refractivity contribution in [2.75, 3.05) is 6.61 Å². The topological polar surface area (TPSA) is 93.8 Å². The highest BCUT2D eigenvalue weighted by molar-refractivity contribution is 9.10. The largest absolute Gasteiger partial charge is 0.483 e. The van der Waals surface area contributed by atoms with Crippen LogP contribution in [0.5, 0.6) is 5.75 Å². The molecule has 7 nitrogen and oxygen atoms in total. The van der Waals surface area contributed by atoms with Gasteiger partial charge < -0.3 is 4.74 Å². The van der Waals surface area contributed by atoms with E-state index in [9.17, 15) is 14.9 Å². The standard InChI is InChI=1S/C14H12BrN3O4S/c1-9-6-10(15)2-4-12(9)22-8-13(19)17-16-7-11-3-5-14(23-11)18(20)21/h2-7H,8H2,1H3,(H,17,19). The number of ether oxygens (including phenoxy) is 1. The van der Waals surface area contributed by atoms with Gasteiger partial charge in [-0.1, -0.05) is 27.3 Å². The van der Waals surface area contributed by atoms with Crippen molar-refractivity contribution in [2.45, 2.75) is 6.92 Å². The highest BCUT2D eigenvalue weighted by Crippen LogP contribution is 2.23. The van der Waals surface area contributed by atoms with Gasteiger partial charge in [-0.15, -0.1) is 0 Å².